The van der Waals surface area contributed by atoms with Crippen molar-refractivity contribution in [1.29, 1.82) is 0 Å². The molecule has 0 amide bonds. The molecule has 3 rings (SSSR count). The quantitative estimate of drug-likeness (QED) is 0.907. The molecule has 1 unspecified atom stereocenters. The highest BCUT2D eigenvalue weighted by atomic mass is 16.4. The number of aromatic amines is 1. The minimum atomic E-state index is -0.709. The Kier molecular flexibility index (Phi) is 3.92. The average molecular weight is 287 g/mol. The number of carbonyl (C=O) groups is 1. The van der Waals surface area contributed by atoms with Gasteiger partial charge in [0, 0.05) is 5.92 Å². The second-order valence-electron chi connectivity index (χ2n) is 5.71. The minimum absolute atomic E-state index is 0.346. The number of benzene rings is 1. The fourth-order valence-electron chi connectivity index (χ4n) is 3.24. The van der Waals surface area contributed by atoms with E-state index >= 15 is 0 Å². The topological polar surface area (TPSA) is 69.2 Å². The van der Waals surface area contributed by atoms with Gasteiger partial charge in [-0.15, -0.1) is 0 Å². The van der Waals surface area contributed by atoms with Crippen LogP contribution in [0.1, 0.15) is 37.9 Å². The lowest BCUT2D eigenvalue weighted by atomic mass is 9.94. The molecule has 0 radical (unpaired) electrons. The first-order chi connectivity index (χ1) is 10.2. The maximum atomic E-state index is 11.2. The van der Waals surface area contributed by atoms with Gasteiger partial charge in [0.15, 0.2) is 0 Å². The standard InChI is InChI=1S/C16H21N3O2/c1-2-14(16(20)21)19-9-7-11(8-10-19)15-17-12-5-3-4-6-13(12)18-15/h3-6,11,14H,2,7-10H2,1H3,(H,17,18)(H,20,21). The summed E-state index contributed by atoms with van der Waals surface area (Å²) in [6.07, 6.45) is 2.58. The number of hydrogen-bond donors (Lipinski definition) is 2. The van der Waals surface area contributed by atoms with Gasteiger partial charge in [0.25, 0.3) is 0 Å². The number of nitrogens with one attached hydrogen (secondary N) is 1. The second-order valence-corrected chi connectivity index (χ2v) is 5.71. The van der Waals surface area contributed by atoms with Crippen LogP contribution < -0.4 is 0 Å². The summed E-state index contributed by atoms with van der Waals surface area (Å²) in [6.45, 7) is 3.59. The summed E-state index contributed by atoms with van der Waals surface area (Å²) in [7, 11) is 0. The number of para-hydroxylation sites is 2. The van der Waals surface area contributed by atoms with Gasteiger partial charge in [-0.05, 0) is 44.5 Å². The maximum absolute atomic E-state index is 11.2. The molecule has 2 heterocycles. The van der Waals surface area contributed by atoms with E-state index in [1.807, 2.05) is 31.2 Å². The van der Waals surface area contributed by atoms with Crippen molar-refractivity contribution in [1.82, 2.24) is 14.9 Å². The van der Waals surface area contributed by atoms with Crippen molar-refractivity contribution >= 4 is 17.0 Å². The Balaban J connectivity index is 1.69. The molecule has 0 saturated carbocycles. The molecule has 0 bridgehead atoms. The van der Waals surface area contributed by atoms with E-state index in [0.29, 0.717) is 12.3 Å². The minimum Gasteiger partial charge on any atom is -0.480 e. The van der Waals surface area contributed by atoms with Crippen LogP contribution in [0, 0.1) is 0 Å². The van der Waals surface area contributed by atoms with Gasteiger partial charge in [0.05, 0.1) is 11.0 Å². The number of carboxylic acid groups (broad SMARTS) is 1. The van der Waals surface area contributed by atoms with Gasteiger partial charge < -0.3 is 10.1 Å². The number of nitrogens with zero attached hydrogens (tertiary/aromatic N) is 2. The average Bonchev–Trinajstić information content (AvgIpc) is 2.92. The zero-order valence-corrected chi connectivity index (χ0v) is 12.2. The zero-order valence-electron chi connectivity index (χ0n) is 12.2. The van der Waals surface area contributed by atoms with E-state index in [4.69, 9.17) is 0 Å². The molecule has 5 heteroatoms. The molecular weight excluding hydrogens is 266 g/mol. The number of fused-ring (bicyclic) bond motifs is 1. The molecule has 112 valence electrons. The van der Waals surface area contributed by atoms with Gasteiger partial charge in [-0.3, -0.25) is 9.69 Å². The second kappa shape index (κ2) is 5.85. The first kappa shape index (κ1) is 14.1. The number of imidazole rings is 1. The van der Waals surface area contributed by atoms with Gasteiger partial charge >= 0.3 is 5.97 Å². The summed E-state index contributed by atoms with van der Waals surface area (Å²) in [6, 6.07) is 7.71. The molecule has 21 heavy (non-hydrogen) atoms. The number of rotatable bonds is 4. The summed E-state index contributed by atoms with van der Waals surface area (Å²) < 4.78 is 0. The highest BCUT2D eigenvalue weighted by Crippen LogP contribution is 2.28. The van der Waals surface area contributed by atoms with Crippen molar-refractivity contribution in [3.8, 4) is 0 Å². The SMILES string of the molecule is CCC(C(=O)O)N1CCC(c2nc3ccccc3[nH]2)CC1. The normalized spacial score (nSPS) is 18.9. The number of hydrogen-bond acceptors (Lipinski definition) is 3. The highest BCUT2D eigenvalue weighted by Gasteiger charge is 2.29. The predicted octanol–water partition coefficient (Wildman–Crippen LogP) is 2.61. The molecule has 1 aliphatic heterocycles. The van der Waals surface area contributed by atoms with Gasteiger partial charge in [-0.25, -0.2) is 4.98 Å². The third-order valence-corrected chi connectivity index (χ3v) is 4.44. The molecule has 1 aromatic carbocycles. The molecule has 5 nitrogen and oxygen atoms in total. The largest absolute Gasteiger partial charge is 0.480 e. The van der Waals surface area contributed by atoms with E-state index in [1.165, 1.54) is 0 Å². The summed E-state index contributed by atoms with van der Waals surface area (Å²) in [4.78, 5) is 21.4. The fraction of sp³-hybridized carbons (Fsp3) is 0.500. The predicted molar refractivity (Wildman–Crippen MR) is 81.4 cm³/mol. The molecule has 2 N–H and O–H groups in total. The molecule has 1 saturated heterocycles. The number of aliphatic carboxylic acids is 1. The fourth-order valence-corrected chi connectivity index (χ4v) is 3.24. The lowest BCUT2D eigenvalue weighted by Crippen LogP contribution is -2.45. The van der Waals surface area contributed by atoms with Gasteiger partial charge in [-0.2, -0.15) is 0 Å². The van der Waals surface area contributed by atoms with E-state index in [-0.39, 0.29) is 6.04 Å². The zero-order chi connectivity index (χ0) is 14.8. The van der Waals surface area contributed by atoms with Gasteiger partial charge in [0.2, 0.25) is 0 Å². The van der Waals surface area contributed by atoms with Crippen molar-refractivity contribution in [3.05, 3.63) is 30.1 Å². The van der Waals surface area contributed by atoms with Crippen LogP contribution in [0.2, 0.25) is 0 Å². The van der Waals surface area contributed by atoms with Gasteiger partial charge in [-0.1, -0.05) is 19.1 Å². The molecule has 1 aliphatic rings. The Hall–Kier alpha value is -1.88. The van der Waals surface area contributed by atoms with E-state index in [2.05, 4.69) is 14.9 Å². The summed E-state index contributed by atoms with van der Waals surface area (Å²) in [5, 5.41) is 9.24. The van der Waals surface area contributed by atoms with Crippen molar-refractivity contribution in [2.75, 3.05) is 13.1 Å². The van der Waals surface area contributed by atoms with Gasteiger partial charge in [0.1, 0.15) is 11.9 Å². The highest BCUT2D eigenvalue weighted by molar-refractivity contribution is 5.75. The molecular formula is C16H21N3O2. The van der Waals surface area contributed by atoms with Crippen LogP contribution in [0.25, 0.3) is 11.0 Å². The Bertz CT molecular complexity index is 596. The van der Waals surface area contributed by atoms with Crippen molar-refractivity contribution in [2.45, 2.75) is 38.1 Å². The lowest BCUT2D eigenvalue weighted by molar-refractivity contribution is -0.143. The Labute approximate surface area is 124 Å². The molecule has 0 aliphatic carbocycles. The smallest absolute Gasteiger partial charge is 0.320 e. The maximum Gasteiger partial charge on any atom is 0.320 e. The van der Waals surface area contributed by atoms with Crippen LogP contribution in [-0.2, 0) is 4.79 Å². The van der Waals surface area contributed by atoms with Crippen LogP contribution in [-0.4, -0.2) is 45.1 Å². The van der Waals surface area contributed by atoms with Crippen LogP contribution >= 0.6 is 0 Å². The van der Waals surface area contributed by atoms with E-state index < -0.39 is 5.97 Å². The molecule has 2 aromatic rings. The lowest BCUT2D eigenvalue weighted by Gasteiger charge is -2.34. The third-order valence-electron chi connectivity index (χ3n) is 4.44. The number of H-pyrrole nitrogens is 1. The summed E-state index contributed by atoms with van der Waals surface area (Å²) in [5.41, 5.74) is 2.08. The van der Waals surface area contributed by atoms with Crippen LogP contribution in [0.3, 0.4) is 0 Å². The molecule has 1 aromatic heterocycles. The van der Waals surface area contributed by atoms with Crippen LogP contribution in [0.15, 0.2) is 24.3 Å². The first-order valence-electron chi connectivity index (χ1n) is 7.60. The van der Waals surface area contributed by atoms with Crippen molar-refractivity contribution < 1.29 is 9.90 Å². The number of carboxylic acids is 1. The van der Waals surface area contributed by atoms with Crippen molar-refractivity contribution in [3.63, 3.8) is 0 Å². The number of likely N-dealkylation sites (tertiary alicyclic amines) is 1. The summed E-state index contributed by atoms with van der Waals surface area (Å²) in [5.74, 6) is 0.735. The monoisotopic (exact) mass is 287 g/mol. The Morgan fingerprint density at radius 2 is 2.14 bits per heavy atom. The van der Waals surface area contributed by atoms with Crippen molar-refractivity contribution in [2.24, 2.45) is 0 Å². The first-order valence-corrected chi connectivity index (χ1v) is 7.60. The molecule has 0 spiro atoms. The third kappa shape index (κ3) is 2.78. The molecule has 1 fully saturated rings. The van der Waals surface area contributed by atoms with Crippen LogP contribution in [0.4, 0.5) is 0 Å². The Morgan fingerprint density at radius 3 is 2.76 bits per heavy atom. The summed E-state index contributed by atoms with van der Waals surface area (Å²) >= 11 is 0. The Morgan fingerprint density at radius 1 is 1.43 bits per heavy atom. The molecule has 1 atom stereocenters. The van der Waals surface area contributed by atoms with Crippen LogP contribution in [0.5, 0.6) is 0 Å². The number of piperidine rings is 1. The number of aromatic nitrogens is 2. The van der Waals surface area contributed by atoms with E-state index in [9.17, 15) is 9.90 Å². The van der Waals surface area contributed by atoms with E-state index in [1.54, 1.807) is 0 Å². The van der Waals surface area contributed by atoms with E-state index in [0.717, 1.165) is 42.8 Å².